The van der Waals surface area contributed by atoms with E-state index in [0.29, 0.717) is 35.2 Å². The van der Waals surface area contributed by atoms with Gasteiger partial charge in [-0.05, 0) is 24.2 Å². The van der Waals surface area contributed by atoms with E-state index in [9.17, 15) is 9.59 Å². The Morgan fingerprint density at radius 1 is 0.465 bits per heavy atom. The fourth-order valence-electron chi connectivity index (χ4n) is 3.87. The summed E-state index contributed by atoms with van der Waals surface area (Å²) in [5.41, 5.74) is 0. The molecule has 0 aromatic heterocycles. The molecule has 0 aromatic rings. The zero-order chi connectivity index (χ0) is 35.5. The fourth-order valence-corrected chi connectivity index (χ4v) is 3.87. The number of hydrogen-bond acceptors (Lipinski definition) is 2. The third kappa shape index (κ3) is 57.6. The molecule has 0 aliphatic heterocycles. The molecule has 4 unspecified atom stereocenters. The number of carbonyl (C=O) groups is 2. The highest BCUT2D eigenvalue weighted by atomic mass is 16.1. The van der Waals surface area contributed by atoms with Gasteiger partial charge in [0.2, 0.25) is 0 Å². The van der Waals surface area contributed by atoms with Crippen molar-refractivity contribution in [2.75, 3.05) is 0 Å². The van der Waals surface area contributed by atoms with Gasteiger partial charge in [0.05, 0.1) is 0 Å². The van der Waals surface area contributed by atoms with Gasteiger partial charge >= 0.3 is 0 Å². The Labute approximate surface area is 278 Å². The molecule has 0 saturated heterocycles. The molecule has 268 valence electrons. The van der Waals surface area contributed by atoms with Crippen LogP contribution in [0.4, 0.5) is 0 Å². The standard InChI is InChI=1S/2C7H12O.3C6H14.C3H8.3C2H6/c1-5-3-7(8)4-6(5)2;1-5-3-4-7(8)6(5)2;3*1-3-5-6-4-2;1-3-2;3*1-2/h2*5-6H,3-4H2,1-2H3;3*3-6H2,1-2H3;3H2,1-2H3;3*1-2H3. The van der Waals surface area contributed by atoms with Gasteiger partial charge in [-0.15, -0.1) is 0 Å². The largest absolute Gasteiger partial charge is 0.300 e. The summed E-state index contributed by atoms with van der Waals surface area (Å²) in [5.74, 6) is 3.17. The van der Waals surface area contributed by atoms with Gasteiger partial charge in [0, 0.05) is 25.2 Å². The smallest absolute Gasteiger partial charge is 0.135 e. The van der Waals surface area contributed by atoms with E-state index in [-0.39, 0.29) is 0 Å². The number of rotatable bonds is 9. The second kappa shape index (κ2) is 57.0. The van der Waals surface area contributed by atoms with Crippen LogP contribution in [0.2, 0.25) is 0 Å². The predicted octanol–water partition coefficient (Wildman–Crippen LogP) is 15.5. The highest BCUT2D eigenvalue weighted by molar-refractivity contribution is 5.82. The van der Waals surface area contributed by atoms with Crippen molar-refractivity contribution in [3.8, 4) is 0 Å². The maximum absolute atomic E-state index is 10.8. The molecule has 0 heterocycles. The molecule has 2 nitrogen and oxygen atoms in total. The van der Waals surface area contributed by atoms with Crippen LogP contribution in [0.25, 0.3) is 0 Å². The molecule has 2 fully saturated rings. The Balaban J connectivity index is -0.0000000710. The summed E-state index contributed by atoms with van der Waals surface area (Å²) < 4.78 is 0. The van der Waals surface area contributed by atoms with Gasteiger partial charge in [0.25, 0.3) is 0 Å². The van der Waals surface area contributed by atoms with Gasteiger partial charge in [-0.1, -0.05) is 208 Å². The molecule has 0 N–H and O–H groups in total. The van der Waals surface area contributed by atoms with Crippen molar-refractivity contribution < 1.29 is 9.59 Å². The Morgan fingerprint density at radius 3 is 0.767 bits per heavy atom. The summed E-state index contributed by atoms with van der Waals surface area (Å²) in [7, 11) is 0. The Kier molecular flexibility index (Phi) is 76.9. The lowest BCUT2D eigenvalue weighted by Gasteiger charge is -2.03. The molecule has 0 radical (unpaired) electrons. The minimum Gasteiger partial charge on any atom is -0.300 e. The van der Waals surface area contributed by atoms with Gasteiger partial charge in [-0.2, -0.15) is 0 Å². The Bertz CT molecular complexity index is 400. The topological polar surface area (TPSA) is 34.1 Å². The van der Waals surface area contributed by atoms with Crippen LogP contribution in [0.1, 0.15) is 234 Å². The van der Waals surface area contributed by atoms with Crippen molar-refractivity contribution in [1.82, 2.24) is 0 Å². The minimum atomic E-state index is 0.343. The van der Waals surface area contributed by atoms with Gasteiger partial charge in [-0.3, -0.25) is 9.59 Å². The monoisotopic (exact) mass is 617 g/mol. The van der Waals surface area contributed by atoms with E-state index in [1.165, 1.54) is 83.5 Å². The van der Waals surface area contributed by atoms with E-state index in [4.69, 9.17) is 0 Å². The summed E-state index contributed by atoms with van der Waals surface area (Å²) in [4.78, 5) is 21.4. The molecule has 2 saturated carbocycles. The quantitative estimate of drug-likeness (QED) is 0.241. The van der Waals surface area contributed by atoms with E-state index in [1.807, 2.05) is 48.5 Å². The predicted molar refractivity (Wildman–Crippen MR) is 205 cm³/mol. The number of hydrogen-bond donors (Lipinski definition) is 0. The van der Waals surface area contributed by atoms with Gasteiger partial charge < -0.3 is 0 Å². The second-order valence-corrected chi connectivity index (χ2v) is 11.5. The number of Topliss-reactive ketones (excluding diaryl/α,β-unsaturated/α-hetero) is 2. The molecular formula is C41H92O2. The van der Waals surface area contributed by atoms with E-state index < -0.39 is 0 Å². The van der Waals surface area contributed by atoms with Crippen LogP contribution >= 0.6 is 0 Å². The Morgan fingerprint density at radius 2 is 0.698 bits per heavy atom. The lowest BCUT2D eigenvalue weighted by molar-refractivity contribution is -0.120. The van der Waals surface area contributed by atoms with Crippen LogP contribution in [0.3, 0.4) is 0 Å². The molecule has 43 heavy (non-hydrogen) atoms. The highest BCUT2D eigenvalue weighted by Gasteiger charge is 2.26. The van der Waals surface area contributed by atoms with E-state index in [2.05, 4.69) is 76.2 Å². The highest BCUT2D eigenvalue weighted by Crippen LogP contribution is 2.27. The maximum atomic E-state index is 10.8. The number of carbonyl (C=O) groups excluding carboxylic acids is 2. The third-order valence-electron chi connectivity index (χ3n) is 7.15. The summed E-state index contributed by atoms with van der Waals surface area (Å²) >= 11 is 0. The summed E-state index contributed by atoms with van der Waals surface area (Å²) in [5, 5.41) is 0. The van der Waals surface area contributed by atoms with Crippen LogP contribution in [0, 0.1) is 23.7 Å². The lowest BCUT2D eigenvalue weighted by Crippen LogP contribution is -2.06. The molecule has 0 aromatic carbocycles. The maximum Gasteiger partial charge on any atom is 0.135 e. The van der Waals surface area contributed by atoms with Crippen LogP contribution in [0.5, 0.6) is 0 Å². The first kappa shape index (κ1) is 57.9. The van der Waals surface area contributed by atoms with Crippen molar-refractivity contribution in [3.05, 3.63) is 0 Å². The summed E-state index contributed by atoms with van der Waals surface area (Å²) in [6, 6.07) is 0. The summed E-state index contributed by atoms with van der Waals surface area (Å²) in [6.45, 7) is 38.1. The SMILES string of the molecule is CC.CC.CC.CC1CC(=O)CC1C.CC1CCC(=O)C1C.CCC.CCCCCC.CCCCCC.CCCCCC. The lowest BCUT2D eigenvalue weighted by atomic mass is 10.0. The third-order valence-corrected chi connectivity index (χ3v) is 7.15. The number of ketones is 2. The molecule has 2 heteroatoms. The average molecular weight is 617 g/mol. The first-order valence-corrected chi connectivity index (χ1v) is 19.6. The first-order chi connectivity index (χ1) is 20.6. The van der Waals surface area contributed by atoms with Crippen LogP contribution < -0.4 is 0 Å². The average Bonchev–Trinajstić information content (AvgIpc) is 3.50. The zero-order valence-corrected chi connectivity index (χ0v) is 34.1. The van der Waals surface area contributed by atoms with Crippen LogP contribution in [-0.4, -0.2) is 11.6 Å². The minimum absolute atomic E-state index is 0.343. The van der Waals surface area contributed by atoms with Gasteiger partial charge in [-0.25, -0.2) is 0 Å². The van der Waals surface area contributed by atoms with Crippen molar-refractivity contribution in [2.24, 2.45) is 23.7 Å². The first-order valence-electron chi connectivity index (χ1n) is 19.6. The Hall–Kier alpha value is -0.660. The van der Waals surface area contributed by atoms with E-state index >= 15 is 0 Å². The van der Waals surface area contributed by atoms with Crippen molar-refractivity contribution >= 4 is 11.6 Å². The molecule has 0 amide bonds. The molecule has 4 atom stereocenters. The van der Waals surface area contributed by atoms with Crippen LogP contribution in [-0.2, 0) is 9.59 Å². The van der Waals surface area contributed by atoms with Gasteiger partial charge in [0.1, 0.15) is 11.6 Å². The van der Waals surface area contributed by atoms with Crippen LogP contribution in [0.15, 0.2) is 0 Å². The van der Waals surface area contributed by atoms with Crippen molar-refractivity contribution in [3.63, 3.8) is 0 Å². The number of unbranched alkanes of at least 4 members (excludes halogenated alkanes) is 9. The van der Waals surface area contributed by atoms with E-state index in [1.54, 1.807) is 0 Å². The molecule has 2 rings (SSSR count). The molecule has 0 spiro atoms. The van der Waals surface area contributed by atoms with Crippen molar-refractivity contribution in [1.29, 1.82) is 0 Å². The fraction of sp³-hybridized carbons (Fsp3) is 0.951. The van der Waals surface area contributed by atoms with E-state index in [0.717, 1.165) is 25.7 Å². The molecule has 2 aliphatic carbocycles. The van der Waals surface area contributed by atoms with Gasteiger partial charge in [0.15, 0.2) is 0 Å². The van der Waals surface area contributed by atoms with Crippen molar-refractivity contribution in [2.45, 2.75) is 234 Å². The second-order valence-electron chi connectivity index (χ2n) is 11.5. The molecule has 0 bridgehead atoms. The molecule has 2 aliphatic rings. The molecular weight excluding hydrogens is 524 g/mol. The zero-order valence-electron chi connectivity index (χ0n) is 34.1. The normalized spacial score (nSPS) is 18.9. The summed E-state index contributed by atoms with van der Waals surface area (Å²) in [6.07, 6.45) is 21.4.